The van der Waals surface area contributed by atoms with Crippen molar-refractivity contribution in [3.63, 3.8) is 0 Å². The summed E-state index contributed by atoms with van der Waals surface area (Å²) in [5.41, 5.74) is 6.90. The Balaban J connectivity index is 1.78. The zero-order chi connectivity index (χ0) is 15.2. The second-order valence-corrected chi connectivity index (χ2v) is 5.85. The van der Waals surface area contributed by atoms with Gasteiger partial charge in [0, 0.05) is 12.6 Å². The molecule has 0 radical (unpaired) electrons. The second-order valence-electron chi connectivity index (χ2n) is 5.85. The maximum Gasteiger partial charge on any atom is 0.237 e. The van der Waals surface area contributed by atoms with Crippen molar-refractivity contribution in [3.8, 4) is 5.75 Å². The monoisotopic (exact) mass is 291 g/mol. The van der Waals surface area contributed by atoms with Crippen LogP contribution in [0.1, 0.15) is 24.8 Å². The summed E-state index contributed by atoms with van der Waals surface area (Å²) in [7, 11) is 2.10. The average Bonchev–Trinajstić information content (AvgIpc) is 2.48. The van der Waals surface area contributed by atoms with Gasteiger partial charge in [0.15, 0.2) is 0 Å². The van der Waals surface area contributed by atoms with Crippen molar-refractivity contribution in [2.75, 3.05) is 20.1 Å². The van der Waals surface area contributed by atoms with Crippen LogP contribution in [0.4, 0.5) is 0 Å². The van der Waals surface area contributed by atoms with Gasteiger partial charge in [0.1, 0.15) is 5.75 Å². The first-order chi connectivity index (χ1) is 10.1. The van der Waals surface area contributed by atoms with E-state index in [1.54, 1.807) is 24.3 Å². The summed E-state index contributed by atoms with van der Waals surface area (Å²) >= 11 is 0. The van der Waals surface area contributed by atoms with Gasteiger partial charge in [-0.25, -0.2) is 0 Å². The largest absolute Gasteiger partial charge is 0.508 e. The molecule has 1 saturated heterocycles. The molecule has 1 fully saturated rings. The number of rotatable bonds is 5. The van der Waals surface area contributed by atoms with Crippen molar-refractivity contribution < 1.29 is 9.90 Å². The number of nitrogens with two attached hydrogens (primary N) is 1. The van der Waals surface area contributed by atoms with Crippen LogP contribution in [0.3, 0.4) is 0 Å². The van der Waals surface area contributed by atoms with Gasteiger partial charge in [0.25, 0.3) is 0 Å². The lowest BCUT2D eigenvalue weighted by Gasteiger charge is -2.32. The predicted molar refractivity (Wildman–Crippen MR) is 83.1 cm³/mol. The molecule has 21 heavy (non-hydrogen) atoms. The molecule has 116 valence electrons. The summed E-state index contributed by atoms with van der Waals surface area (Å²) in [5, 5.41) is 12.2. The zero-order valence-corrected chi connectivity index (χ0v) is 12.6. The Morgan fingerprint density at radius 3 is 2.81 bits per heavy atom. The third-order valence-corrected chi connectivity index (χ3v) is 4.16. The van der Waals surface area contributed by atoms with Crippen LogP contribution in [0, 0.1) is 0 Å². The third-order valence-electron chi connectivity index (χ3n) is 4.16. The Hall–Kier alpha value is -1.59. The van der Waals surface area contributed by atoms with Gasteiger partial charge in [-0.15, -0.1) is 0 Å². The highest BCUT2D eigenvalue weighted by Crippen LogP contribution is 2.14. The number of likely N-dealkylation sites (tertiary alicyclic amines) is 1. The Morgan fingerprint density at radius 1 is 1.43 bits per heavy atom. The number of benzene rings is 1. The highest BCUT2D eigenvalue weighted by atomic mass is 16.3. The summed E-state index contributed by atoms with van der Waals surface area (Å²) in [4.78, 5) is 14.4. The molecule has 1 aliphatic rings. The number of hydrogen-bond acceptors (Lipinski definition) is 4. The summed E-state index contributed by atoms with van der Waals surface area (Å²) < 4.78 is 0. The summed E-state index contributed by atoms with van der Waals surface area (Å²) in [6.45, 7) is 1.76. The molecule has 1 amide bonds. The Labute approximate surface area is 126 Å². The van der Waals surface area contributed by atoms with Crippen molar-refractivity contribution >= 4 is 5.91 Å². The number of amides is 1. The molecule has 1 aliphatic heterocycles. The van der Waals surface area contributed by atoms with Gasteiger partial charge in [-0.05, 0) is 50.6 Å². The Kier molecular flexibility index (Phi) is 5.59. The zero-order valence-electron chi connectivity index (χ0n) is 12.6. The van der Waals surface area contributed by atoms with E-state index in [1.165, 1.54) is 12.8 Å². The molecule has 2 atom stereocenters. The molecular formula is C16H25N3O2. The standard InChI is InChI=1S/C16H25N3O2/c1-19-9-3-2-4-13(19)11-18-16(21)15(17)10-12-5-7-14(20)8-6-12/h5-8,13,15,20H,2-4,9-11,17H2,1H3,(H,18,21)/t13?,15-/m0/s1. The first-order valence-corrected chi connectivity index (χ1v) is 7.57. The minimum absolute atomic E-state index is 0.109. The molecule has 5 nitrogen and oxygen atoms in total. The number of nitrogens with zero attached hydrogens (tertiary/aromatic N) is 1. The molecule has 0 spiro atoms. The number of piperidine rings is 1. The lowest BCUT2D eigenvalue weighted by molar-refractivity contribution is -0.122. The van der Waals surface area contributed by atoms with Crippen molar-refractivity contribution in [1.82, 2.24) is 10.2 Å². The van der Waals surface area contributed by atoms with E-state index >= 15 is 0 Å². The fourth-order valence-electron chi connectivity index (χ4n) is 2.73. The number of nitrogens with one attached hydrogen (secondary N) is 1. The van der Waals surface area contributed by atoms with E-state index in [9.17, 15) is 9.90 Å². The van der Waals surface area contributed by atoms with E-state index in [1.807, 2.05) is 0 Å². The van der Waals surface area contributed by atoms with Crippen LogP contribution in [0.15, 0.2) is 24.3 Å². The van der Waals surface area contributed by atoms with Crippen molar-refractivity contribution in [3.05, 3.63) is 29.8 Å². The van der Waals surface area contributed by atoms with Gasteiger partial charge < -0.3 is 21.1 Å². The highest BCUT2D eigenvalue weighted by Gasteiger charge is 2.21. The highest BCUT2D eigenvalue weighted by molar-refractivity contribution is 5.81. The molecule has 2 rings (SSSR count). The Morgan fingerprint density at radius 2 is 2.14 bits per heavy atom. The van der Waals surface area contributed by atoms with Gasteiger partial charge in [-0.1, -0.05) is 18.6 Å². The molecule has 1 aromatic rings. The second kappa shape index (κ2) is 7.43. The van der Waals surface area contributed by atoms with E-state index in [-0.39, 0.29) is 11.7 Å². The average molecular weight is 291 g/mol. The van der Waals surface area contributed by atoms with Crippen LogP contribution in [-0.4, -0.2) is 48.1 Å². The fourth-order valence-corrected chi connectivity index (χ4v) is 2.73. The van der Waals surface area contributed by atoms with Crippen LogP contribution < -0.4 is 11.1 Å². The number of phenolic OH excluding ortho intramolecular Hbond substituents is 1. The summed E-state index contributed by atoms with van der Waals surface area (Å²) in [6.07, 6.45) is 4.07. The first-order valence-electron chi connectivity index (χ1n) is 7.57. The minimum atomic E-state index is -0.552. The molecule has 4 N–H and O–H groups in total. The molecule has 5 heteroatoms. The van der Waals surface area contributed by atoms with Gasteiger partial charge in [0.2, 0.25) is 5.91 Å². The number of aromatic hydroxyl groups is 1. The van der Waals surface area contributed by atoms with Crippen LogP contribution in [0.5, 0.6) is 5.75 Å². The topological polar surface area (TPSA) is 78.6 Å². The van der Waals surface area contributed by atoms with Crippen molar-refractivity contribution in [2.45, 2.75) is 37.8 Å². The maximum absolute atomic E-state index is 12.1. The molecule has 1 unspecified atom stereocenters. The number of carbonyl (C=O) groups is 1. The van der Waals surface area contributed by atoms with Crippen LogP contribution in [-0.2, 0) is 11.2 Å². The number of carbonyl (C=O) groups excluding carboxylic acids is 1. The van der Waals surface area contributed by atoms with E-state index in [0.717, 1.165) is 18.5 Å². The molecule has 1 heterocycles. The molecule has 0 saturated carbocycles. The third kappa shape index (κ3) is 4.72. The number of phenols is 1. The summed E-state index contributed by atoms with van der Waals surface area (Å²) in [5.74, 6) is 0.110. The number of hydrogen-bond donors (Lipinski definition) is 3. The maximum atomic E-state index is 12.1. The normalized spacial score (nSPS) is 21.0. The van der Waals surface area contributed by atoms with Gasteiger partial charge in [-0.3, -0.25) is 4.79 Å². The smallest absolute Gasteiger partial charge is 0.237 e. The molecule has 0 bridgehead atoms. The van der Waals surface area contributed by atoms with Gasteiger partial charge >= 0.3 is 0 Å². The lowest BCUT2D eigenvalue weighted by atomic mass is 10.0. The predicted octanol–water partition coefficient (Wildman–Crippen LogP) is 0.863. The van der Waals surface area contributed by atoms with E-state index in [2.05, 4.69) is 17.3 Å². The van der Waals surface area contributed by atoms with E-state index < -0.39 is 6.04 Å². The molecule has 0 aliphatic carbocycles. The minimum Gasteiger partial charge on any atom is -0.508 e. The molecular weight excluding hydrogens is 266 g/mol. The van der Waals surface area contributed by atoms with Gasteiger partial charge in [-0.2, -0.15) is 0 Å². The Bertz CT molecular complexity index is 461. The fraction of sp³-hybridized carbons (Fsp3) is 0.562. The van der Waals surface area contributed by atoms with E-state index in [4.69, 9.17) is 5.73 Å². The van der Waals surface area contributed by atoms with E-state index in [0.29, 0.717) is 19.0 Å². The van der Waals surface area contributed by atoms with Crippen molar-refractivity contribution in [2.24, 2.45) is 5.73 Å². The first kappa shape index (κ1) is 15.8. The quantitative estimate of drug-likeness (QED) is 0.752. The SMILES string of the molecule is CN1CCCCC1CNC(=O)[C@@H](N)Cc1ccc(O)cc1. The molecule has 0 aromatic heterocycles. The molecule has 1 aromatic carbocycles. The van der Waals surface area contributed by atoms with Gasteiger partial charge in [0.05, 0.1) is 6.04 Å². The van der Waals surface area contributed by atoms with Crippen molar-refractivity contribution in [1.29, 1.82) is 0 Å². The summed E-state index contributed by atoms with van der Waals surface area (Å²) in [6, 6.07) is 6.66. The van der Waals surface area contributed by atoms with Crippen LogP contribution >= 0.6 is 0 Å². The lowest BCUT2D eigenvalue weighted by Crippen LogP contribution is -2.49. The number of likely N-dealkylation sites (N-methyl/N-ethyl adjacent to an activating group) is 1. The van der Waals surface area contributed by atoms with Crippen LogP contribution in [0.2, 0.25) is 0 Å². The van der Waals surface area contributed by atoms with Crippen LogP contribution in [0.25, 0.3) is 0 Å².